The number of amides is 1. The number of carbonyl (C=O) groups excluding carboxylic acids is 1. The van der Waals surface area contributed by atoms with Crippen molar-refractivity contribution in [1.82, 2.24) is 14.7 Å². The van der Waals surface area contributed by atoms with Crippen LogP contribution in [0.3, 0.4) is 0 Å². The van der Waals surface area contributed by atoms with E-state index in [4.69, 9.17) is 5.73 Å². The van der Waals surface area contributed by atoms with Gasteiger partial charge in [0.2, 0.25) is 0 Å². The van der Waals surface area contributed by atoms with Gasteiger partial charge in [0, 0.05) is 17.9 Å². The van der Waals surface area contributed by atoms with Gasteiger partial charge in [-0.2, -0.15) is 18.3 Å². The summed E-state index contributed by atoms with van der Waals surface area (Å²) in [6.45, 7) is 4.59. The number of hydrogen-bond donors (Lipinski definition) is 2. The Morgan fingerprint density at radius 3 is 2.48 bits per heavy atom. The minimum atomic E-state index is -4.25. The number of alkyl halides is 3. The average molecular weight is 435 g/mol. The first-order chi connectivity index (χ1) is 14.7. The predicted molar refractivity (Wildman–Crippen MR) is 112 cm³/mol. The smallest absolute Gasteiger partial charge is 0.365 e. The Morgan fingerprint density at radius 2 is 1.94 bits per heavy atom. The van der Waals surface area contributed by atoms with Crippen molar-refractivity contribution in [3.8, 4) is 0 Å². The number of benzene rings is 1. The molecule has 0 spiro atoms. The maximum atomic E-state index is 12.6. The molecule has 6 nitrogen and oxygen atoms in total. The molecule has 2 fully saturated rings. The molecule has 4 rings (SSSR count). The highest BCUT2D eigenvalue weighted by atomic mass is 19.4. The summed E-state index contributed by atoms with van der Waals surface area (Å²) >= 11 is 0. The van der Waals surface area contributed by atoms with Gasteiger partial charge in [-0.15, -0.1) is 0 Å². The van der Waals surface area contributed by atoms with Crippen LogP contribution in [0.2, 0.25) is 0 Å². The van der Waals surface area contributed by atoms with Crippen LogP contribution in [0.1, 0.15) is 54.6 Å². The lowest BCUT2D eigenvalue weighted by molar-refractivity contribution is -0.127. The van der Waals surface area contributed by atoms with Crippen LogP contribution in [0.5, 0.6) is 0 Å². The van der Waals surface area contributed by atoms with Gasteiger partial charge in [-0.3, -0.25) is 9.48 Å². The number of likely N-dealkylation sites (tertiary alicyclic amines) is 1. The summed E-state index contributed by atoms with van der Waals surface area (Å²) < 4.78 is 39.5. The Morgan fingerprint density at radius 1 is 1.23 bits per heavy atom. The van der Waals surface area contributed by atoms with E-state index >= 15 is 0 Å². The maximum absolute atomic E-state index is 12.6. The number of halogens is 3. The number of hydrogen-bond acceptors (Lipinski definition) is 4. The van der Waals surface area contributed by atoms with Gasteiger partial charge in [0.1, 0.15) is 5.56 Å². The molecule has 3 atom stereocenters. The summed E-state index contributed by atoms with van der Waals surface area (Å²) in [5, 5.41) is 7.64. The standard InChI is InChI=1S/C22H28F3N5O/c1-14-11-17(29-9-2-10-29)7-8-19(14)30-13-18(20(26)31)21(28-30)27-16-5-3-15(4-6-16)12-22(23,24)25/h3-6,13-14,17,19H,2,7-12H2,1H3,(H2,26,31)(H,27,28)/t14-,17-,19-/m0/s1. The zero-order valence-electron chi connectivity index (χ0n) is 17.5. The van der Waals surface area contributed by atoms with E-state index in [1.807, 2.05) is 4.68 Å². The lowest BCUT2D eigenvalue weighted by Crippen LogP contribution is -2.48. The molecule has 2 aromatic rings. The number of carbonyl (C=O) groups is 1. The molecule has 0 radical (unpaired) electrons. The lowest BCUT2D eigenvalue weighted by Gasteiger charge is -2.44. The average Bonchev–Trinajstić information content (AvgIpc) is 3.04. The fraction of sp³-hybridized carbons (Fsp3) is 0.545. The maximum Gasteiger partial charge on any atom is 0.393 e. The quantitative estimate of drug-likeness (QED) is 0.711. The molecule has 168 valence electrons. The third-order valence-corrected chi connectivity index (χ3v) is 6.46. The van der Waals surface area contributed by atoms with Crippen molar-refractivity contribution >= 4 is 17.4 Å². The largest absolute Gasteiger partial charge is 0.393 e. The number of nitrogens with two attached hydrogens (primary N) is 1. The molecule has 1 aromatic heterocycles. The monoisotopic (exact) mass is 435 g/mol. The van der Waals surface area contributed by atoms with Gasteiger partial charge in [0.05, 0.1) is 12.5 Å². The van der Waals surface area contributed by atoms with Gasteiger partial charge in [0.25, 0.3) is 5.91 Å². The lowest BCUT2D eigenvalue weighted by atomic mass is 9.81. The van der Waals surface area contributed by atoms with Crippen LogP contribution in [0.25, 0.3) is 0 Å². The summed E-state index contributed by atoms with van der Waals surface area (Å²) in [6.07, 6.45) is 0.915. The minimum absolute atomic E-state index is 0.173. The van der Waals surface area contributed by atoms with Gasteiger partial charge >= 0.3 is 6.18 Å². The highest BCUT2D eigenvalue weighted by Gasteiger charge is 2.34. The first kappa shape index (κ1) is 21.7. The van der Waals surface area contributed by atoms with Crippen LogP contribution >= 0.6 is 0 Å². The normalized spacial score (nSPS) is 24.6. The molecule has 0 bridgehead atoms. The van der Waals surface area contributed by atoms with Gasteiger partial charge in [-0.1, -0.05) is 19.1 Å². The Bertz CT molecular complexity index is 920. The topological polar surface area (TPSA) is 76.2 Å². The molecule has 2 heterocycles. The fourth-order valence-electron chi connectivity index (χ4n) is 4.69. The third kappa shape index (κ3) is 5.03. The number of nitrogens with one attached hydrogen (secondary N) is 1. The van der Waals surface area contributed by atoms with E-state index in [2.05, 4.69) is 22.2 Å². The highest BCUT2D eigenvalue weighted by molar-refractivity contribution is 5.98. The van der Waals surface area contributed by atoms with Crippen LogP contribution in [0.15, 0.2) is 30.5 Å². The van der Waals surface area contributed by atoms with Gasteiger partial charge < -0.3 is 16.0 Å². The van der Waals surface area contributed by atoms with Gasteiger partial charge in [-0.25, -0.2) is 0 Å². The highest BCUT2D eigenvalue weighted by Crippen LogP contribution is 2.37. The molecule has 2 aliphatic rings. The summed E-state index contributed by atoms with van der Waals surface area (Å²) in [5.74, 6) is 0.145. The predicted octanol–water partition coefficient (Wildman–Crippen LogP) is 4.27. The Hall–Kier alpha value is -2.55. The second kappa shape index (κ2) is 8.53. The number of nitrogens with zero attached hydrogens (tertiary/aromatic N) is 3. The van der Waals surface area contributed by atoms with E-state index in [0.29, 0.717) is 23.5 Å². The Kier molecular flexibility index (Phi) is 5.96. The minimum Gasteiger partial charge on any atom is -0.365 e. The molecular formula is C22H28F3N5O. The van der Waals surface area contributed by atoms with Crippen LogP contribution in [-0.4, -0.2) is 45.9 Å². The van der Waals surface area contributed by atoms with Crippen molar-refractivity contribution in [3.05, 3.63) is 41.6 Å². The van der Waals surface area contributed by atoms with Crippen molar-refractivity contribution in [3.63, 3.8) is 0 Å². The molecule has 1 aliphatic heterocycles. The number of anilines is 2. The third-order valence-electron chi connectivity index (χ3n) is 6.46. The molecule has 3 N–H and O–H groups in total. The number of primary amides is 1. The van der Waals surface area contributed by atoms with E-state index in [1.54, 1.807) is 18.3 Å². The van der Waals surface area contributed by atoms with E-state index in [9.17, 15) is 18.0 Å². The van der Waals surface area contributed by atoms with Crippen molar-refractivity contribution in [1.29, 1.82) is 0 Å². The van der Waals surface area contributed by atoms with E-state index in [1.165, 1.54) is 31.6 Å². The molecule has 1 amide bonds. The van der Waals surface area contributed by atoms with Crippen LogP contribution < -0.4 is 11.1 Å². The van der Waals surface area contributed by atoms with E-state index < -0.39 is 18.5 Å². The molecule has 1 saturated heterocycles. The molecule has 0 unspecified atom stereocenters. The first-order valence-corrected chi connectivity index (χ1v) is 10.8. The SMILES string of the molecule is C[C@H]1C[C@@H](N2CCC2)CC[C@@H]1n1cc(C(N)=O)c(Nc2ccc(CC(F)(F)F)cc2)n1. The summed E-state index contributed by atoms with van der Waals surface area (Å²) in [4.78, 5) is 14.5. The van der Waals surface area contributed by atoms with Crippen LogP contribution in [-0.2, 0) is 6.42 Å². The first-order valence-electron chi connectivity index (χ1n) is 10.8. The second-order valence-electron chi connectivity index (χ2n) is 8.75. The molecule has 9 heteroatoms. The summed E-state index contributed by atoms with van der Waals surface area (Å²) in [6, 6.07) is 6.72. The summed E-state index contributed by atoms with van der Waals surface area (Å²) in [7, 11) is 0. The van der Waals surface area contributed by atoms with Crippen LogP contribution in [0.4, 0.5) is 24.7 Å². The molecule has 1 aromatic carbocycles. The Labute approximate surface area is 179 Å². The molecule has 1 aliphatic carbocycles. The second-order valence-corrected chi connectivity index (χ2v) is 8.75. The van der Waals surface area contributed by atoms with Crippen LogP contribution in [0, 0.1) is 5.92 Å². The summed E-state index contributed by atoms with van der Waals surface area (Å²) in [5.41, 5.74) is 6.56. The molecular weight excluding hydrogens is 407 g/mol. The van der Waals surface area contributed by atoms with Crippen molar-refractivity contribution in [2.24, 2.45) is 11.7 Å². The van der Waals surface area contributed by atoms with E-state index in [-0.39, 0.29) is 17.2 Å². The van der Waals surface area contributed by atoms with E-state index in [0.717, 1.165) is 19.3 Å². The van der Waals surface area contributed by atoms with Gasteiger partial charge in [0.15, 0.2) is 5.82 Å². The molecule has 31 heavy (non-hydrogen) atoms. The van der Waals surface area contributed by atoms with Crippen molar-refractivity contribution in [2.45, 2.75) is 57.3 Å². The molecule has 1 saturated carbocycles. The van der Waals surface area contributed by atoms with Crippen molar-refractivity contribution < 1.29 is 18.0 Å². The zero-order valence-corrected chi connectivity index (χ0v) is 17.5. The zero-order chi connectivity index (χ0) is 22.2. The van der Waals surface area contributed by atoms with Crippen molar-refractivity contribution in [2.75, 3.05) is 18.4 Å². The Balaban J connectivity index is 1.48. The fourth-order valence-corrected chi connectivity index (χ4v) is 4.69. The number of rotatable bonds is 6. The van der Waals surface area contributed by atoms with Gasteiger partial charge in [-0.05, 0) is 62.4 Å². The number of aromatic nitrogens is 2.